The molecule has 3 aromatic carbocycles. The predicted octanol–water partition coefficient (Wildman–Crippen LogP) is 4.38. The van der Waals surface area contributed by atoms with E-state index in [1.807, 2.05) is 31.2 Å². The van der Waals surface area contributed by atoms with E-state index in [9.17, 15) is 14.4 Å². The van der Waals surface area contributed by atoms with Gasteiger partial charge in [-0.2, -0.15) is 0 Å². The number of anilines is 1. The van der Waals surface area contributed by atoms with E-state index in [0.717, 1.165) is 16.0 Å². The zero-order chi connectivity index (χ0) is 20.5. The van der Waals surface area contributed by atoms with Gasteiger partial charge in [-0.25, -0.2) is 4.90 Å². The molecule has 0 spiro atoms. The molecule has 0 atom stereocenters. The van der Waals surface area contributed by atoms with Gasteiger partial charge in [-0.1, -0.05) is 41.9 Å². The number of hydrogen-bond donors (Lipinski definition) is 1. The summed E-state index contributed by atoms with van der Waals surface area (Å²) in [6.07, 6.45) is 0. The highest BCUT2D eigenvalue weighted by atomic mass is 35.5. The third-order valence-corrected chi connectivity index (χ3v) is 5.17. The number of benzene rings is 3. The van der Waals surface area contributed by atoms with Crippen LogP contribution in [-0.4, -0.2) is 17.7 Å². The number of carbonyl (C=O) groups excluding carboxylic acids is 3. The fourth-order valence-electron chi connectivity index (χ4n) is 3.30. The van der Waals surface area contributed by atoms with E-state index in [4.69, 9.17) is 11.6 Å². The average Bonchev–Trinajstić information content (AvgIpc) is 2.97. The molecule has 0 aromatic heterocycles. The Morgan fingerprint density at radius 2 is 1.69 bits per heavy atom. The fraction of sp³-hybridized carbons (Fsp3) is 0.0870. The van der Waals surface area contributed by atoms with Crippen LogP contribution < -0.4 is 10.2 Å². The highest BCUT2D eigenvalue weighted by Crippen LogP contribution is 2.29. The Hall–Kier alpha value is -3.44. The molecule has 6 heteroatoms. The molecule has 3 aromatic rings. The van der Waals surface area contributed by atoms with Crippen molar-refractivity contribution in [2.45, 2.75) is 13.5 Å². The molecule has 4 rings (SSSR count). The molecule has 1 N–H and O–H groups in total. The number of aryl methyl sites for hydroxylation is 1. The Balaban J connectivity index is 1.57. The summed E-state index contributed by atoms with van der Waals surface area (Å²) in [5.74, 6) is -1.17. The van der Waals surface area contributed by atoms with Crippen LogP contribution in [0.3, 0.4) is 0 Å². The summed E-state index contributed by atoms with van der Waals surface area (Å²) in [7, 11) is 0. The predicted molar refractivity (Wildman–Crippen MR) is 111 cm³/mol. The molecule has 0 saturated heterocycles. The van der Waals surface area contributed by atoms with Crippen molar-refractivity contribution in [3.05, 3.63) is 99.6 Å². The number of halogens is 1. The van der Waals surface area contributed by atoms with Gasteiger partial charge in [0.25, 0.3) is 17.7 Å². The first kappa shape index (κ1) is 18.9. The van der Waals surface area contributed by atoms with Gasteiger partial charge in [0.05, 0.1) is 16.8 Å². The van der Waals surface area contributed by atoms with Gasteiger partial charge >= 0.3 is 0 Å². The zero-order valence-electron chi connectivity index (χ0n) is 15.6. The maximum atomic E-state index is 12.9. The molecule has 0 aliphatic carbocycles. The molecule has 29 heavy (non-hydrogen) atoms. The SMILES string of the molecule is Cc1cccc(N2C(=O)c3ccc(C(=O)NCc4ccccc4Cl)cc3C2=O)c1. The summed E-state index contributed by atoms with van der Waals surface area (Å²) in [5, 5.41) is 3.36. The van der Waals surface area contributed by atoms with Gasteiger partial charge in [-0.3, -0.25) is 14.4 Å². The minimum absolute atomic E-state index is 0.224. The molecule has 0 radical (unpaired) electrons. The number of nitrogens with one attached hydrogen (secondary N) is 1. The quantitative estimate of drug-likeness (QED) is 0.656. The second-order valence-electron chi connectivity index (χ2n) is 6.82. The van der Waals surface area contributed by atoms with Gasteiger partial charge < -0.3 is 5.32 Å². The van der Waals surface area contributed by atoms with Gasteiger partial charge in [-0.05, 0) is 54.4 Å². The van der Waals surface area contributed by atoms with Crippen LogP contribution in [0, 0.1) is 6.92 Å². The number of hydrogen-bond acceptors (Lipinski definition) is 3. The first-order valence-electron chi connectivity index (χ1n) is 9.07. The number of carbonyl (C=O) groups is 3. The third kappa shape index (κ3) is 3.52. The summed E-state index contributed by atoms with van der Waals surface area (Å²) < 4.78 is 0. The second kappa shape index (κ2) is 7.53. The zero-order valence-corrected chi connectivity index (χ0v) is 16.4. The van der Waals surface area contributed by atoms with Crippen molar-refractivity contribution in [2.24, 2.45) is 0 Å². The van der Waals surface area contributed by atoms with Gasteiger partial charge in [-0.15, -0.1) is 0 Å². The number of imide groups is 1. The summed E-state index contributed by atoms with van der Waals surface area (Å²) >= 11 is 6.11. The standard InChI is InChI=1S/C23H17ClN2O3/c1-14-5-4-7-17(11-14)26-22(28)18-10-9-15(12-19(18)23(26)29)21(27)25-13-16-6-2-3-8-20(16)24/h2-12H,13H2,1H3,(H,25,27). The Morgan fingerprint density at radius 1 is 0.931 bits per heavy atom. The Bertz CT molecular complexity index is 1160. The Morgan fingerprint density at radius 3 is 2.45 bits per heavy atom. The minimum atomic E-state index is -0.434. The lowest BCUT2D eigenvalue weighted by Crippen LogP contribution is -2.29. The van der Waals surface area contributed by atoms with Crippen LogP contribution in [0.25, 0.3) is 0 Å². The third-order valence-electron chi connectivity index (χ3n) is 4.81. The van der Waals surface area contributed by atoms with E-state index in [-0.39, 0.29) is 18.0 Å². The lowest BCUT2D eigenvalue weighted by molar-refractivity contribution is 0.0923. The van der Waals surface area contributed by atoms with Crippen molar-refractivity contribution < 1.29 is 14.4 Å². The fourth-order valence-corrected chi connectivity index (χ4v) is 3.51. The maximum absolute atomic E-state index is 12.9. The van der Waals surface area contributed by atoms with E-state index in [0.29, 0.717) is 21.8 Å². The van der Waals surface area contributed by atoms with E-state index in [1.54, 1.807) is 30.3 Å². The van der Waals surface area contributed by atoms with Crippen LogP contribution in [0.1, 0.15) is 42.2 Å². The minimum Gasteiger partial charge on any atom is -0.348 e. The molecule has 1 aliphatic rings. The first-order valence-corrected chi connectivity index (χ1v) is 9.44. The van der Waals surface area contributed by atoms with Crippen molar-refractivity contribution >= 4 is 35.0 Å². The molecular formula is C23H17ClN2O3. The second-order valence-corrected chi connectivity index (χ2v) is 7.23. The van der Waals surface area contributed by atoms with Crippen LogP contribution in [0.4, 0.5) is 5.69 Å². The molecule has 144 valence electrons. The van der Waals surface area contributed by atoms with Crippen molar-refractivity contribution in [3.8, 4) is 0 Å². The van der Waals surface area contributed by atoms with Gasteiger partial charge in [0.2, 0.25) is 0 Å². The summed E-state index contributed by atoms with van der Waals surface area (Å²) in [5.41, 5.74) is 3.07. The van der Waals surface area contributed by atoms with Gasteiger partial charge in [0, 0.05) is 17.1 Å². The smallest absolute Gasteiger partial charge is 0.266 e. The van der Waals surface area contributed by atoms with E-state index in [1.165, 1.54) is 12.1 Å². The van der Waals surface area contributed by atoms with Crippen LogP contribution >= 0.6 is 11.6 Å². The van der Waals surface area contributed by atoms with E-state index >= 15 is 0 Å². The molecule has 0 saturated carbocycles. The first-order chi connectivity index (χ1) is 14.0. The highest BCUT2D eigenvalue weighted by Gasteiger charge is 2.37. The Kier molecular flexibility index (Phi) is 4.91. The lowest BCUT2D eigenvalue weighted by atomic mass is 10.1. The topological polar surface area (TPSA) is 66.5 Å². The normalized spacial score (nSPS) is 12.8. The largest absolute Gasteiger partial charge is 0.348 e. The van der Waals surface area contributed by atoms with Crippen molar-refractivity contribution in [1.82, 2.24) is 5.32 Å². The lowest BCUT2D eigenvalue weighted by Gasteiger charge is -2.14. The molecule has 5 nitrogen and oxygen atoms in total. The number of fused-ring (bicyclic) bond motifs is 1. The van der Waals surface area contributed by atoms with Crippen molar-refractivity contribution in [2.75, 3.05) is 4.90 Å². The molecule has 1 aliphatic heterocycles. The van der Waals surface area contributed by atoms with Crippen LogP contribution in [0.15, 0.2) is 66.7 Å². The van der Waals surface area contributed by atoms with Crippen molar-refractivity contribution in [1.29, 1.82) is 0 Å². The van der Waals surface area contributed by atoms with Crippen LogP contribution in [0.5, 0.6) is 0 Å². The molecule has 0 bridgehead atoms. The number of amides is 3. The summed E-state index contributed by atoms with van der Waals surface area (Å²) in [6, 6.07) is 18.9. The molecule has 1 heterocycles. The molecule has 3 amide bonds. The maximum Gasteiger partial charge on any atom is 0.266 e. The van der Waals surface area contributed by atoms with E-state index in [2.05, 4.69) is 5.32 Å². The van der Waals surface area contributed by atoms with Crippen molar-refractivity contribution in [3.63, 3.8) is 0 Å². The van der Waals surface area contributed by atoms with Crippen LogP contribution in [-0.2, 0) is 6.54 Å². The number of nitrogens with zero attached hydrogens (tertiary/aromatic N) is 1. The number of rotatable bonds is 4. The average molecular weight is 405 g/mol. The summed E-state index contributed by atoms with van der Waals surface area (Å²) in [4.78, 5) is 39.3. The van der Waals surface area contributed by atoms with Crippen LogP contribution in [0.2, 0.25) is 5.02 Å². The monoisotopic (exact) mass is 404 g/mol. The Labute approximate surface area is 172 Å². The molecule has 0 unspecified atom stereocenters. The molecular weight excluding hydrogens is 388 g/mol. The molecule has 0 fully saturated rings. The van der Waals surface area contributed by atoms with Gasteiger partial charge in [0.1, 0.15) is 0 Å². The highest BCUT2D eigenvalue weighted by molar-refractivity contribution is 6.34. The van der Waals surface area contributed by atoms with E-state index < -0.39 is 11.8 Å². The van der Waals surface area contributed by atoms with Gasteiger partial charge in [0.15, 0.2) is 0 Å². The summed E-state index contributed by atoms with van der Waals surface area (Å²) in [6.45, 7) is 2.15.